The zero-order valence-electron chi connectivity index (χ0n) is 10.2. The Bertz CT molecular complexity index is 122. The Morgan fingerprint density at radius 2 is 1.54 bits per heavy atom. The average molecular weight is 186 g/mol. The van der Waals surface area contributed by atoms with Crippen molar-refractivity contribution < 1.29 is 4.74 Å². The van der Waals surface area contributed by atoms with Crippen LogP contribution in [-0.4, -0.2) is 11.7 Å². The summed E-state index contributed by atoms with van der Waals surface area (Å²) in [6.07, 6.45) is 4.20. The van der Waals surface area contributed by atoms with Gasteiger partial charge in [0.05, 0.1) is 11.7 Å². The number of rotatable bonds is 5. The van der Waals surface area contributed by atoms with E-state index in [1.54, 1.807) is 0 Å². The predicted octanol–water partition coefficient (Wildman–Crippen LogP) is 4.02. The minimum atomic E-state index is 0.0112. The van der Waals surface area contributed by atoms with Crippen molar-refractivity contribution in [2.24, 2.45) is 5.92 Å². The van der Waals surface area contributed by atoms with E-state index < -0.39 is 0 Å². The molecule has 1 nitrogen and oxygen atoms in total. The third kappa shape index (κ3) is 9.88. The minimum Gasteiger partial charge on any atom is -0.373 e. The van der Waals surface area contributed by atoms with Crippen molar-refractivity contribution >= 4 is 0 Å². The van der Waals surface area contributed by atoms with Crippen LogP contribution < -0.4 is 0 Å². The first-order valence-corrected chi connectivity index (χ1v) is 5.49. The quantitative estimate of drug-likeness (QED) is 0.630. The summed E-state index contributed by atoms with van der Waals surface area (Å²) in [6.45, 7) is 13.1. The summed E-state index contributed by atoms with van der Waals surface area (Å²) in [6, 6.07) is 0. The Morgan fingerprint density at radius 3 is 1.92 bits per heavy atom. The first-order valence-electron chi connectivity index (χ1n) is 5.49. The first-order chi connectivity index (χ1) is 5.81. The van der Waals surface area contributed by atoms with E-state index in [1.165, 1.54) is 19.3 Å². The van der Waals surface area contributed by atoms with Gasteiger partial charge in [-0.15, -0.1) is 0 Å². The van der Waals surface area contributed by atoms with Gasteiger partial charge in [0.2, 0.25) is 0 Å². The van der Waals surface area contributed by atoms with Crippen molar-refractivity contribution in [2.45, 2.75) is 72.5 Å². The smallest absolute Gasteiger partial charge is 0.0602 e. The van der Waals surface area contributed by atoms with Crippen molar-refractivity contribution in [1.82, 2.24) is 0 Å². The fraction of sp³-hybridized carbons (Fsp3) is 1.00. The lowest BCUT2D eigenvalue weighted by Crippen LogP contribution is -2.25. The molecule has 0 spiro atoms. The highest BCUT2D eigenvalue weighted by Gasteiger charge is 2.14. The molecular weight excluding hydrogens is 160 g/mol. The van der Waals surface area contributed by atoms with Crippen LogP contribution in [0.5, 0.6) is 0 Å². The van der Waals surface area contributed by atoms with Gasteiger partial charge in [-0.05, 0) is 40.0 Å². The van der Waals surface area contributed by atoms with Crippen LogP contribution >= 0.6 is 0 Å². The molecule has 0 aromatic rings. The van der Waals surface area contributed by atoms with E-state index in [9.17, 15) is 0 Å². The van der Waals surface area contributed by atoms with E-state index in [0.717, 1.165) is 5.92 Å². The average Bonchev–Trinajstić information content (AvgIpc) is 1.81. The lowest BCUT2D eigenvalue weighted by molar-refractivity contribution is -0.0551. The van der Waals surface area contributed by atoms with Gasteiger partial charge < -0.3 is 4.74 Å². The van der Waals surface area contributed by atoms with Crippen LogP contribution in [-0.2, 0) is 4.74 Å². The third-order valence-corrected chi connectivity index (χ3v) is 1.95. The molecule has 1 heteroatoms. The molecular formula is C12H26O. The van der Waals surface area contributed by atoms with Gasteiger partial charge in [-0.2, -0.15) is 0 Å². The molecule has 0 bridgehead atoms. The molecule has 0 fully saturated rings. The molecule has 1 atom stereocenters. The van der Waals surface area contributed by atoms with Gasteiger partial charge in [0.25, 0.3) is 0 Å². The second-order valence-electron chi connectivity index (χ2n) is 5.37. The van der Waals surface area contributed by atoms with Crippen molar-refractivity contribution in [2.75, 3.05) is 0 Å². The molecule has 80 valence electrons. The third-order valence-electron chi connectivity index (χ3n) is 1.95. The zero-order valence-corrected chi connectivity index (χ0v) is 10.2. The Kier molecular flexibility index (Phi) is 5.62. The largest absolute Gasteiger partial charge is 0.373 e. The standard InChI is InChI=1S/C12H26O/c1-10(2)8-7-9-11(3)13-12(4,5)6/h10-11H,7-9H2,1-6H3. The highest BCUT2D eigenvalue weighted by Crippen LogP contribution is 2.16. The molecule has 0 aliphatic rings. The summed E-state index contributed by atoms with van der Waals surface area (Å²) in [5.41, 5.74) is 0.0112. The molecule has 0 saturated carbocycles. The Hall–Kier alpha value is -0.0400. The maximum Gasteiger partial charge on any atom is 0.0602 e. The summed E-state index contributed by atoms with van der Waals surface area (Å²) < 4.78 is 5.82. The second-order valence-corrected chi connectivity index (χ2v) is 5.37. The van der Waals surface area contributed by atoms with Crippen LogP contribution in [0.15, 0.2) is 0 Å². The number of hydrogen-bond donors (Lipinski definition) is 0. The van der Waals surface area contributed by atoms with Crippen molar-refractivity contribution in [1.29, 1.82) is 0 Å². The molecule has 0 amide bonds. The number of ether oxygens (including phenoxy) is 1. The maximum absolute atomic E-state index is 5.82. The van der Waals surface area contributed by atoms with Gasteiger partial charge in [-0.25, -0.2) is 0 Å². The molecule has 0 aromatic carbocycles. The molecule has 0 aromatic heterocycles. The topological polar surface area (TPSA) is 9.23 Å². The summed E-state index contributed by atoms with van der Waals surface area (Å²) in [4.78, 5) is 0. The van der Waals surface area contributed by atoms with E-state index in [-0.39, 0.29) is 5.60 Å². The van der Waals surface area contributed by atoms with Crippen LogP contribution in [0.1, 0.15) is 60.8 Å². The highest BCUT2D eigenvalue weighted by atomic mass is 16.5. The lowest BCUT2D eigenvalue weighted by Gasteiger charge is -2.25. The van der Waals surface area contributed by atoms with Gasteiger partial charge >= 0.3 is 0 Å². The van der Waals surface area contributed by atoms with E-state index in [2.05, 4.69) is 41.5 Å². The molecule has 0 aliphatic carbocycles. The summed E-state index contributed by atoms with van der Waals surface area (Å²) in [7, 11) is 0. The lowest BCUT2D eigenvalue weighted by atomic mass is 10.0. The van der Waals surface area contributed by atoms with Gasteiger partial charge in [-0.3, -0.25) is 0 Å². The summed E-state index contributed by atoms with van der Waals surface area (Å²) >= 11 is 0. The molecule has 0 N–H and O–H groups in total. The monoisotopic (exact) mass is 186 g/mol. The van der Waals surface area contributed by atoms with Gasteiger partial charge in [0, 0.05) is 0 Å². The van der Waals surface area contributed by atoms with Gasteiger partial charge in [0.15, 0.2) is 0 Å². The van der Waals surface area contributed by atoms with Gasteiger partial charge in [-0.1, -0.05) is 26.7 Å². The molecule has 0 saturated heterocycles. The highest BCUT2D eigenvalue weighted by molar-refractivity contribution is 4.63. The van der Waals surface area contributed by atoms with Crippen LogP contribution in [0.4, 0.5) is 0 Å². The predicted molar refractivity (Wildman–Crippen MR) is 59.0 cm³/mol. The van der Waals surface area contributed by atoms with Crippen molar-refractivity contribution in [3.05, 3.63) is 0 Å². The van der Waals surface area contributed by atoms with Crippen molar-refractivity contribution in [3.63, 3.8) is 0 Å². The Morgan fingerprint density at radius 1 is 1.00 bits per heavy atom. The van der Waals surface area contributed by atoms with Crippen molar-refractivity contribution in [3.8, 4) is 0 Å². The van der Waals surface area contributed by atoms with Crippen LogP contribution in [0.2, 0.25) is 0 Å². The molecule has 0 heterocycles. The summed E-state index contributed by atoms with van der Waals surface area (Å²) in [5.74, 6) is 0.821. The molecule has 13 heavy (non-hydrogen) atoms. The first kappa shape index (κ1) is 13.0. The zero-order chi connectivity index (χ0) is 10.5. The molecule has 0 rings (SSSR count). The van der Waals surface area contributed by atoms with Gasteiger partial charge in [0.1, 0.15) is 0 Å². The summed E-state index contributed by atoms with van der Waals surface area (Å²) in [5, 5.41) is 0. The molecule has 1 unspecified atom stereocenters. The Balaban J connectivity index is 3.46. The van der Waals surface area contributed by atoms with E-state index >= 15 is 0 Å². The molecule has 0 aliphatic heterocycles. The van der Waals surface area contributed by atoms with E-state index in [1.807, 2.05) is 0 Å². The van der Waals surface area contributed by atoms with Crippen LogP contribution in [0, 0.1) is 5.92 Å². The molecule has 0 radical (unpaired) electrons. The van der Waals surface area contributed by atoms with Crippen LogP contribution in [0.25, 0.3) is 0 Å². The number of hydrogen-bond acceptors (Lipinski definition) is 1. The fourth-order valence-corrected chi connectivity index (χ4v) is 1.48. The fourth-order valence-electron chi connectivity index (χ4n) is 1.48. The Labute approximate surface area is 83.9 Å². The van der Waals surface area contributed by atoms with E-state index in [4.69, 9.17) is 4.74 Å². The SMILES string of the molecule is CC(C)CCCC(C)OC(C)(C)C. The van der Waals surface area contributed by atoms with E-state index in [0.29, 0.717) is 6.10 Å². The van der Waals surface area contributed by atoms with Crippen LogP contribution in [0.3, 0.4) is 0 Å². The minimum absolute atomic E-state index is 0.0112. The normalized spacial score (nSPS) is 15.0. The second kappa shape index (κ2) is 5.64. The maximum atomic E-state index is 5.82.